The van der Waals surface area contributed by atoms with Crippen LogP contribution in [0.1, 0.15) is 24.1 Å². The number of carbonyl (C=O) groups is 1. The Morgan fingerprint density at radius 2 is 1.96 bits per heavy atom. The molecule has 3 aromatic rings. The van der Waals surface area contributed by atoms with Crippen molar-refractivity contribution in [3.63, 3.8) is 0 Å². The van der Waals surface area contributed by atoms with Gasteiger partial charge in [-0.3, -0.25) is 4.79 Å². The molecule has 0 aromatic heterocycles. The number of benzene rings is 3. The molecule has 0 spiro atoms. The van der Waals surface area contributed by atoms with Gasteiger partial charge in [0.25, 0.3) is 5.91 Å². The Morgan fingerprint density at radius 3 is 2.84 bits per heavy atom. The van der Waals surface area contributed by atoms with E-state index in [4.69, 9.17) is 16.3 Å². The van der Waals surface area contributed by atoms with Crippen LogP contribution in [-0.4, -0.2) is 12.0 Å². The summed E-state index contributed by atoms with van der Waals surface area (Å²) in [6, 6.07) is 19.7. The number of ether oxygens (including phenoxy) is 1. The van der Waals surface area contributed by atoms with E-state index in [-0.39, 0.29) is 11.9 Å². The smallest absolute Gasteiger partial charge is 0.261 e. The minimum Gasteiger partial charge on any atom is -0.480 e. The van der Waals surface area contributed by atoms with Crippen molar-refractivity contribution >= 4 is 28.3 Å². The molecule has 0 radical (unpaired) electrons. The van der Waals surface area contributed by atoms with Crippen LogP contribution < -0.4 is 10.1 Å². The zero-order valence-electron chi connectivity index (χ0n) is 13.8. The zero-order valence-corrected chi connectivity index (χ0v) is 14.6. The van der Waals surface area contributed by atoms with Crippen molar-refractivity contribution in [2.45, 2.75) is 25.5 Å². The van der Waals surface area contributed by atoms with Crippen molar-refractivity contribution in [1.29, 1.82) is 0 Å². The van der Waals surface area contributed by atoms with Crippen LogP contribution in [0.3, 0.4) is 0 Å². The summed E-state index contributed by atoms with van der Waals surface area (Å²) in [5.74, 6) is 0.634. The molecule has 3 aromatic carbocycles. The highest BCUT2D eigenvalue weighted by molar-refractivity contribution is 6.30. The van der Waals surface area contributed by atoms with Gasteiger partial charge in [0, 0.05) is 11.4 Å². The van der Waals surface area contributed by atoms with Gasteiger partial charge < -0.3 is 10.1 Å². The van der Waals surface area contributed by atoms with Gasteiger partial charge in [0.15, 0.2) is 6.10 Å². The molecule has 1 aliphatic rings. The topological polar surface area (TPSA) is 38.3 Å². The second kappa shape index (κ2) is 6.41. The third-order valence-corrected chi connectivity index (χ3v) is 4.87. The second-order valence-corrected chi connectivity index (χ2v) is 6.80. The molecular weight excluding hydrogens is 334 g/mol. The molecular formula is C21H18ClNO2. The number of carbonyl (C=O) groups excluding carboxylic acids is 1. The first kappa shape index (κ1) is 16.0. The number of nitrogens with one attached hydrogen (secondary N) is 1. The van der Waals surface area contributed by atoms with Gasteiger partial charge in [-0.1, -0.05) is 54.1 Å². The monoisotopic (exact) mass is 351 g/mol. The Balaban J connectivity index is 1.51. The third-order valence-electron chi connectivity index (χ3n) is 4.64. The third kappa shape index (κ3) is 3.08. The highest BCUT2D eigenvalue weighted by Gasteiger charge is 2.30. The normalized spacial score (nSPS) is 17.0. The van der Waals surface area contributed by atoms with Crippen molar-refractivity contribution in [1.82, 2.24) is 5.32 Å². The summed E-state index contributed by atoms with van der Waals surface area (Å²) in [5, 5.41) is 6.06. The Morgan fingerprint density at radius 1 is 1.16 bits per heavy atom. The van der Waals surface area contributed by atoms with Gasteiger partial charge in [-0.2, -0.15) is 0 Å². The van der Waals surface area contributed by atoms with Crippen molar-refractivity contribution in [2.24, 2.45) is 0 Å². The number of halogens is 1. The Labute approximate surface area is 151 Å². The van der Waals surface area contributed by atoms with Gasteiger partial charge in [0.05, 0.1) is 6.04 Å². The lowest BCUT2D eigenvalue weighted by Gasteiger charge is -2.19. The summed E-state index contributed by atoms with van der Waals surface area (Å²) in [6.07, 6.45) is 0.0372. The first-order chi connectivity index (χ1) is 12.1. The van der Waals surface area contributed by atoms with E-state index in [0.29, 0.717) is 11.4 Å². The summed E-state index contributed by atoms with van der Waals surface area (Å²) in [4.78, 5) is 12.6. The van der Waals surface area contributed by atoms with E-state index in [1.807, 2.05) is 37.3 Å². The molecule has 0 unspecified atom stereocenters. The molecule has 4 rings (SSSR count). The summed E-state index contributed by atoms with van der Waals surface area (Å²) >= 11 is 6.01. The molecule has 2 atom stereocenters. The minimum absolute atomic E-state index is 0.102. The maximum absolute atomic E-state index is 12.6. The van der Waals surface area contributed by atoms with Gasteiger partial charge >= 0.3 is 0 Å². The van der Waals surface area contributed by atoms with Gasteiger partial charge in [-0.05, 0) is 47.0 Å². The maximum Gasteiger partial charge on any atom is 0.261 e. The van der Waals surface area contributed by atoms with Crippen LogP contribution in [0, 0.1) is 0 Å². The van der Waals surface area contributed by atoms with Gasteiger partial charge in [-0.15, -0.1) is 0 Å². The van der Waals surface area contributed by atoms with E-state index in [1.54, 1.807) is 6.07 Å². The van der Waals surface area contributed by atoms with Gasteiger partial charge in [0.2, 0.25) is 0 Å². The average Bonchev–Trinajstić information content (AvgIpc) is 3.04. The largest absolute Gasteiger partial charge is 0.480 e. The predicted octanol–water partition coefficient (Wildman–Crippen LogP) is 4.67. The molecule has 1 N–H and O–H groups in total. The van der Waals surface area contributed by atoms with Crippen molar-refractivity contribution in [3.8, 4) is 5.75 Å². The first-order valence-electron chi connectivity index (χ1n) is 8.35. The molecule has 4 heteroatoms. The summed E-state index contributed by atoms with van der Waals surface area (Å²) in [5.41, 5.74) is 2.08. The van der Waals surface area contributed by atoms with Crippen LogP contribution in [-0.2, 0) is 11.2 Å². The van der Waals surface area contributed by atoms with Crippen molar-refractivity contribution in [3.05, 3.63) is 76.8 Å². The Hall–Kier alpha value is -2.52. The lowest BCUT2D eigenvalue weighted by atomic mass is 9.99. The standard InChI is InChI=1S/C21H18ClNO2/c1-13(17-8-4-6-14-5-2-3-7-18(14)17)23-21(24)20-12-15-11-16(22)9-10-19(15)25-20/h2-11,13,20H,12H2,1H3,(H,23,24)/t13-,20+/m0/s1. The maximum atomic E-state index is 12.6. The van der Waals surface area contributed by atoms with E-state index in [9.17, 15) is 4.79 Å². The molecule has 3 nitrogen and oxygen atoms in total. The summed E-state index contributed by atoms with van der Waals surface area (Å²) in [7, 11) is 0. The molecule has 0 saturated heterocycles. The number of amides is 1. The minimum atomic E-state index is -0.508. The quantitative estimate of drug-likeness (QED) is 0.744. The highest BCUT2D eigenvalue weighted by Crippen LogP contribution is 2.31. The van der Waals surface area contributed by atoms with E-state index in [2.05, 4.69) is 29.6 Å². The van der Waals surface area contributed by atoms with Crippen LogP contribution in [0.4, 0.5) is 0 Å². The average molecular weight is 352 g/mol. The van der Waals surface area contributed by atoms with E-state index >= 15 is 0 Å². The van der Waals surface area contributed by atoms with E-state index in [1.165, 1.54) is 5.39 Å². The van der Waals surface area contributed by atoms with Crippen LogP contribution in [0.25, 0.3) is 10.8 Å². The molecule has 0 bridgehead atoms. The SMILES string of the molecule is C[C@H](NC(=O)[C@H]1Cc2cc(Cl)ccc2O1)c1cccc2ccccc12. The summed E-state index contributed by atoms with van der Waals surface area (Å²) < 4.78 is 5.78. The second-order valence-electron chi connectivity index (χ2n) is 6.36. The van der Waals surface area contributed by atoms with Crippen LogP contribution in [0.2, 0.25) is 5.02 Å². The Bertz CT molecular complexity index is 948. The van der Waals surface area contributed by atoms with E-state index in [0.717, 1.165) is 22.3 Å². The fourth-order valence-electron chi connectivity index (χ4n) is 3.38. The fraction of sp³-hybridized carbons (Fsp3) is 0.190. The molecule has 25 heavy (non-hydrogen) atoms. The molecule has 0 aliphatic carbocycles. The number of fused-ring (bicyclic) bond motifs is 2. The van der Waals surface area contributed by atoms with Crippen LogP contribution in [0.5, 0.6) is 5.75 Å². The molecule has 126 valence electrons. The van der Waals surface area contributed by atoms with E-state index < -0.39 is 6.10 Å². The molecule has 1 aliphatic heterocycles. The van der Waals surface area contributed by atoms with Gasteiger partial charge in [-0.25, -0.2) is 0 Å². The van der Waals surface area contributed by atoms with Crippen LogP contribution >= 0.6 is 11.6 Å². The number of hydrogen-bond donors (Lipinski definition) is 1. The highest BCUT2D eigenvalue weighted by atomic mass is 35.5. The van der Waals surface area contributed by atoms with Crippen LogP contribution in [0.15, 0.2) is 60.7 Å². The molecule has 1 heterocycles. The molecule has 1 amide bonds. The summed E-state index contributed by atoms with van der Waals surface area (Å²) in [6.45, 7) is 2.00. The predicted molar refractivity (Wildman–Crippen MR) is 100 cm³/mol. The van der Waals surface area contributed by atoms with Crippen molar-refractivity contribution < 1.29 is 9.53 Å². The molecule has 0 fully saturated rings. The number of rotatable bonds is 3. The first-order valence-corrected chi connectivity index (χ1v) is 8.73. The zero-order chi connectivity index (χ0) is 17.4. The van der Waals surface area contributed by atoms with Crippen molar-refractivity contribution in [2.75, 3.05) is 0 Å². The lowest BCUT2D eigenvalue weighted by molar-refractivity contribution is -0.127. The van der Waals surface area contributed by atoms with Gasteiger partial charge in [0.1, 0.15) is 5.75 Å². The molecule has 0 saturated carbocycles. The number of hydrogen-bond acceptors (Lipinski definition) is 2. The fourth-order valence-corrected chi connectivity index (χ4v) is 3.57. The lowest BCUT2D eigenvalue weighted by Crippen LogP contribution is -2.38. The Kier molecular flexibility index (Phi) is 4.10.